The molecular formula is C15H21ClN2O3. The summed E-state index contributed by atoms with van der Waals surface area (Å²) >= 11 is 5.99. The molecule has 1 aliphatic rings. The molecule has 0 spiro atoms. The van der Waals surface area contributed by atoms with Crippen molar-refractivity contribution in [1.29, 1.82) is 0 Å². The molecule has 1 aliphatic heterocycles. The van der Waals surface area contributed by atoms with E-state index in [0.717, 1.165) is 23.7 Å². The van der Waals surface area contributed by atoms with Crippen LogP contribution in [0.3, 0.4) is 0 Å². The SMILES string of the molecule is COCC(=O)N[C@@H]1CN(Cc2cccc(Cl)c2)C[C@H]1CO. The van der Waals surface area contributed by atoms with E-state index in [0.29, 0.717) is 6.54 Å². The average Bonchev–Trinajstić information content (AvgIpc) is 2.80. The van der Waals surface area contributed by atoms with Crippen LogP contribution < -0.4 is 5.32 Å². The summed E-state index contributed by atoms with van der Waals surface area (Å²) in [5, 5.41) is 13.1. The number of ether oxygens (including phenoxy) is 1. The standard InChI is InChI=1S/C15H21ClN2O3/c1-21-10-15(20)17-14-8-18(7-12(14)9-19)6-11-3-2-4-13(16)5-11/h2-5,12,14,19H,6-10H2,1H3,(H,17,20)/t12-,14+/m0/s1. The number of halogens is 1. The second-order valence-electron chi connectivity index (χ2n) is 5.37. The van der Waals surface area contributed by atoms with Gasteiger partial charge in [-0.25, -0.2) is 0 Å². The molecule has 21 heavy (non-hydrogen) atoms. The van der Waals surface area contributed by atoms with Crippen molar-refractivity contribution in [3.8, 4) is 0 Å². The zero-order chi connectivity index (χ0) is 15.2. The predicted octanol–water partition coefficient (Wildman–Crippen LogP) is 0.895. The van der Waals surface area contributed by atoms with Gasteiger partial charge in [0.05, 0.1) is 0 Å². The summed E-state index contributed by atoms with van der Waals surface area (Å²) < 4.78 is 4.82. The lowest BCUT2D eigenvalue weighted by Crippen LogP contribution is -2.43. The van der Waals surface area contributed by atoms with E-state index >= 15 is 0 Å². The number of carbonyl (C=O) groups is 1. The number of hydrogen-bond donors (Lipinski definition) is 2. The van der Waals surface area contributed by atoms with E-state index in [9.17, 15) is 9.90 Å². The second kappa shape index (κ2) is 7.75. The number of likely N-dealkylation sites (tertiary alicyclic amines) is 1. The van der Waals surface area contributed by atoms with Crippen molar-refractivity contribution < 1.29 is 14.6 Å². The van der Waals surface area contributed by atoms with Crippen LogP contribution in [0.15, 0.2) is 24.3 Å². The molecule has 1 aromatic rings. The number of benzene rings is 1. The van der Waals surface area contributed by atoms with Crippen LogP contribution in [0.5, 0.6) is 0 Å². The molecule has 1 aromatic carbocycles. The molecule has 0 unspecified atom stereocenters. The fourth-order valence-electron chi connectivity index (χ4n) is 2.71. The van der Waals surface area contributed by atoms with Gasteiger partial charge in [0.15, 0.2) is 0 Å². The average molecular weight is 313 g/mol. The van der Waals surface area contributed by atoms with E-state index in [1.165, 1.54) is 7.11 Å². The molecule has 2 N–H and O–H groups in total. The third-order valence-corrected chi connectivity index (χ3v) is 3.90. The van der Waals surface area contributed by atoms with Gasteiger partial charge in [-0.2, -0.15) is 0 Å². The summed E-state index contributed by atoms with van der Waals surface area (Å²) in [4.78, 5) is 13.8. The molecule has 1 heterocycles. The Morgan fingerprint density at radius 2 is 2.33 bits per heavy atom. The van der Waals surface area contributed by atoms with Crippen LogP contribution in [0, 0.1) is 5.92 Å². The molecule has 1 fully saturated rings. The van der Waals surface area contributed by atoms with Crippen LogP contribution in [-0.2, 0) is 16.1 Å². The first kappa shape index (κ1) is 16.2. The van der Waals surface area contributed by atoms with Gasteiger partial charge in [-0.15, -0.1) is 0 Å². The summed E-state index contributed by atoms with van der Waals surface area (Å²) in [5.74, 6) is -0.101. The van der Waals surface area contributed by atoms with E-state index in [4.69, 9.17) is 16.3 Å². The van der Waals surface area contributed by atoms with E-state index in [1.807, 2.05) is 24.3 Å². The largest absolute Gasteiger partial charge is 0.396 e. The number of nitrogens with zero attached hydrogens (tertiary/aromatic N) is 1. The Morgan fingerprint density at radius 3 is 3.00 bits per heavy atom. The van der Waals surface area contributed by atoms with Gasteiger partial charge in [-0.05, 0) is 17.7 Å². The van der Waals surface area contributed by atoms with Crippen molar-refractivity contribution in [2.45, 2.75) is 12.6 Å². The molecule has 6 heteroatoms. The Morgan fingerprint density at radius 1 is 1.52 bits per heavy atom. The fraction of sp³-hybridized carbons (Fsp3) is 0.533. The molecule has 0 radical (unpaired) electrons. The number of nitrogens with one attached hydrogen (secondary N) is 1. The smallest absolute Gasteiger partial charge is 0.246 e. The number of aliphatic hydroxyl groups is 1. The van der Waals surface area contributed by atoms with Crippen LogP contribution >= 0.6 is 11.6 Å². The quantitative estimate of drug-likeness (QED) is 0.819. The van der Waals surface area contributed by atoms with Crippen molar-refractivity contribution in [1.82, 2.24) is 10.2 Å². The van der Waals surface area contributed by atoms with Crippen molar-refractivity contribution in [3.63, 3.8) is 0 Å². The maximum absolute atomic E-state index is 11.6. The number of aliphatic hydroxyl groups excluding tert-OH is 1. The number of methoxy groups -OCH3 is 1. The minimum Gasteiger partial charge on any atom is -0.396 e. The normalized spacial score (nSPS) is 22.4. The first-order valence-corrected chi connectivity index (χ1v) is 7.36. The Bertz CT molecular complexity index is 484. The van der Waals surface area contributed by atoms with Crippen LogP contribution in [-0.4, -0.2) is 55.4 Å². The maximum atomic E-state index is 11.6. The zero-order valence-corrected chi connectivity index (χ0v) is 12.8. The molecule has 1 saturated heterocycles. The lowest BCUT2D eigenvalue weighted by molar-refractivity contribution is -0.125. The van der Waals surface area contributed by atoms with E-state index < -0.39 is 0 Å². The van der Waals surface area contributed by atoms with Crippen molar-refractivity contribution >= 4 is 17.5 Å². The molecule has 5 nitrogen and oxygen atoms in total. The Balaban J connectivity index is 1.93. The van der Waals surface area contributed by atoms with Gasteiger partial charge in [0.2, 0.25) is 5.91 Å². The van der Waals surface area contributed by atoms with E-state index in [2.05, 4.69) is 10.2 Å². The Hall–Kier alpha value is -1.14. The summed E-state index contributed by atoms with van der Waals surface area (Å²) in [6, 6.07) is 7.69. The second-order valence-corrected chi connectivity index (χ2v) is 5.81. The molecule has 0 aliphatic carbocycles. The molecule has 0 saturated carbocycles. The number of carbonyl (C=O) groups excluding carboxylic acids is 1. The summed E-state index contributed by atoms with van der Waals surface area (Å²) in [6.07, 6.45) is 0. The van der Waals surface area contributed by atoms with Gasteiger partial charge in [0.25, 0.3) is 0 Å². The molecule has 116 valence electrons. The Labute approximate surface area is 129 Å². The van der Waals surface area contributed by atoms with Crippen molar-refractivity contribution in [2.75, 3.05) is 33.4 Å². The van der Waals surface area contributed by atoms with Gasteiger partial charge < -0.3 is 15.2 Å². The van der Waals surface area contributed by atoms with Crippen LogP contribution in [0.4, 0.5) is 0 Å². The van der Waals surface area contributed by atoms with Gasteiger partial charge in [-0.3, -0.25) is 9.69 Å². The van der Waals surface area contributed by atoms with Crippen LogP contribution in [0.1, 0.15) is 5.56 Å². The highest BCUT2D eigenvalue weighted by Crippen LogP contribution is 2.20. The minimum atomic E-state index is -0.148. The summed E-state index contributed by atoms with van der Waals surface area (Å²) in [6.45, 7) is 2.33. The van der Waals surface area contributed by atoms with Gasteiger partial charge in [-0.1, -0.05) is 23.7 Å². The fourth-order valence-corrected chi connectivity index (χ4v) is 2.92. The Kier molecular flexibility index (Phi) is 5.99. The third-order valence-electron chi connectivity index (χ3n) is 3.67. The molecule has 0 aromatic heterocycles. The minimum absolute atomic E-state index is 0.0446. The van der Waals surface area contributed by atoms with Crippen LogP contribution in [0.2, 0.25) is 5.02 Å². The highest BCUT2D eigenvalue weighted by molar-refractivity contribution is 6.30. The summed E-state index contributed by atoms with van der Waals surface area (Å²) in [7, 11) is 1.49. The third kappa shape index (κ3) is 4.68. The lowest BCUT2D eigenvalue weighted by atomic mass is 10.1. The van der Waals surface area contributed by atoms with E-state index in [1.54, 1.807) is 0 Å². The van der Waals surface area contributed by atoms with Gasteiger partial charge >= 0.3 is 0 Å². The number of hydrogen-bond acceptors (Lipinski definition) is 4. The predicted molar refractivity (Wildman–Crippen MR) is 81.1 cm³/mol. The monoisotopic (exact) mass is 312 g/mol. The van der Waals surface area contributed by atoms with Gasteiger partial charge in [0, 0.05) is 50.3 Å². The first-order valence-electron chi connectivity index (χ1n) is 6.98. The topological polar surface area (TPSA) is 61.8 Å². The molecular weight excluding hydrogens is 292 g/mol. The molecule has 2 atom stereocenters. The molecule has 2 rings (SSSR count). The molecule has 1 amide bonds. The van der Waals surface area contributed by atoms with Crippen LogP contribution in [0.25, 0.3) is 0 Å². The van der Waals surface area contributed by atoms with Gasteiger partial charge in [0.1, 0.15) is 6.61 Å². The number of rotatable bonds is 6. The maximum Gasteiger partial charge on any atom is 0.246 e. The highest BCUT2D eigenvalue weighted by Gasteiger charge is 2.33. The molecule has 0 bridgehead atoms. The summed E-state index contributed by atoms with van der Waals surface area (Å²) in [5.41, 5.74) is 1.13. The number of amides is 1. The lowest BCUT2D eigenvalue weighted by Gasteiger charge is -2.18. The van der Waals surface area contributed by atoms with E-state index in [-0.39, 0.29) is 31.1 Å². The zero-order valence-electron chi connectivity index (χ0n) is 12.1. The first-order chi connectivity index (χ1) is 10.1. The highest BCUT2D eigenvalue weighted by atomic mass is 35.5. The van der Waals surface area contributed by atoms with Crippen molar-refractivity contribution in [2.24, 2.45) is 5.92 Å². The van der Waals surface area contributed by atoms with Crippen molar-refractivity contribution in [3.05, 3.63) is 34.9 Å².